The number of aromatic nitrogens is 2. The Kier molecular flexibility index (Phi) is 7.26. The molecule has 154 valence electrons. The Morgan fingerprint density at radius 2 is 2.00 bits per heavy atom. The number of rotatable bonds is 8. The van der Waals surface area contributed by atoms with E-state index in [1.54, 1.807) is 22.8 Å². The van der Waals surface area contributed by atoms with E-state index in [9.17, 15) is 9.59 Å². The molecule has 1 N–H and O–H groups in total. The van der Waals surface area contributed by atoms with Gasteiger partial charge in [-0.05, 0) is 36.1 Å². The second kappa shape index (κ2) is 10.1. The van der Waals surface area contributed by atoms with Crippen molar-refractivity contribution in [3.63, 3.8) is 0 Å². The molecule has 1 amide bonds. The zero-order valence-electron chi connectivity index (χ0n) is 17.1. The number of carbonyl (C=O) groups is 1. The van der Waals surface area contributed by atoms with Gasteiger partial charge in [-0.25, -0.2) is 4.98 Å². The first-order valence-corrected chi connectivity index (χ1v) is 10.8. The summed E-state index contributed by atoms with van der Waals surface area (Å²) in [5.74, 6) is 0.350. The van der Waals surface area contributed by atoms with Crippen LogP contribution in [0.15, 0.2) is 58.5 Å². The SMILES string of the molecule is CC(C)CNC(=O)c1ccc2c(=O)n(CCc3ccccc3)c(SCC#N)nc2c1. The average Bonchev–Trinajstić information content (AvgIpc) is 2.75. The van der Waals surface area contributed by atoms with E-state index in [0.717, 1.165) is 5.56 Å². The number of fused-ring (bicyclic) bond motifs is 1. The van der Waals surface area contributed by atoms with Gasteiger partial charge in [-0.15, -0.1) is 0 Å². The van der Waals surface area contributed by atoms with Gasteiger partial charge in [0, 0.05) is 18.7 Å². The number of amides is 1. The monoisotopic (exact) mass is 420 g/mol. The number of nitrogens with zero attached hydrogens (tertiary/aromatic N) is 3. The van der Waals surface area contributed by atoms with Crippen LogP contribution in [-0.2, 0) is 13.0 Å². The predicted octanol–water partition coefficient (Wildman–Crippen LogP) is 3.64. The Balaban J connectivity index is 1.96. The smallest absolute Gasteiger partial charge is 0.262 e. The Labute approximate surface area is 179 Å². The predicted molar refractivity (Wildman–Crippen MR) is 120 cm³/mol. The van der Waals surface area contributed by atoms with Gasteiger partial charge in [0.25, 0.3) is 11.5 Å². The third kappa shape index (κ3) is 5.28. The highest BCUT2D eigenvalue weighted by Crippen LogP contribution is 2.19. The molecule has 6 nitrogen and oxygen atoms in total. The highest BCUT2D eigenvalue weighted by atomic mass is 32.2. The molecule has 30 heavy (non-hydrogen) atoms. The van der Waals surface area contributed by atoms with Crippen molar-refractivity contribution < 1.29 is 4.79 Å². The molecule has 0 bridgehead atoms. The second-order valence-corrected chi connectivity index (χ2v) is 8.31. The maximum Gasteiger partial charge on any atom is 0.262 e. The Bertz CT molecular complexity index is 1130. The maximum absolute atomic E-state index is 13.2. The minimum Gasteiger partial charge on any atom is -0.352 e. The van der Waals surface area contributed by atoms with Crippen LogP contribution in [0.3, 0.4) is 0 Å². The lowest BCUT2D eigenvalue weighted by Crippen LogP contribution is -2.28. The molecule has 0 saturated carbocycles. The Morgan fingerprint density at radius 3 is 2.70 bits per heavy atom. The summed E-state index contributed by atoms with van der Waals surface area (Å²) in [7, 11) is 0. The van der Waals surface area contributed by atoms with Crippen molar-refractivity contribution in [1.29, 1.82) is 5.26 Å². The topological polar surface area (TPSA) is 87.8 Å². The van der Waals surface area contributed by atoms with Crippen LogP contribution >= 0.6 is 11.8 Å². The lowest BCUT2D eigenvalue weighted by atomic mass is 10.1. The summed E-state index contributed by atoms with van der Waals surface area (Å²) in [5.41, 5.74) is 1.89. The number of carbonyl (C=O) groups excluding carboxylic acids is 1. The van der Waals surface area contributed by atoms with Gasteiger partial charge in [-0.2, -0.15) is 5.26 Å². The molecule has 0 aliphatic heterocycles. The van der Waals surface area contributed by atoms with E-state index >= 15 is 0 Å². The summed E-state index contributed by atoms with van der Waals surface area (Å²) < 4.78 is 1.62. The van der Waals surface area contributed by atoms with Gasteiger partial charge >= 0.3 is 0 Å². The van der Waals surface area contributed by atoms with E-state index in [2.05, 4.69) is 16.4 Å². The number of benzene rings is 2. The summed E-state index contributed by atoms with van der Waals surface area (Å²) in [6.45, 7) is 5.10. The van der Waals surface area contributed by atoms with Crippen LogP contribution in [0.5, 0.6) is 0 Å². The number of thioether (sulfide) groups is 1. The van der Waals surface area contributed by atoms with Crippen LogP contribution in [0, 0.1) is 17.2 Å². The summed E-state index contributed by atoms with van der Waals surface area (Å²) in [5, 5.41) is 12.8. The van der Waals surface area contributed by atoms with Crippen LogP contribution in [0.25, 0.3) is 10.9 Å². The van der Waals surface area contributed by atoms with Crippen molar-refractivity contribution in [2.75, 3.05) is 12.3 Å². The molecule has 0 radical (unpaired) electrons. The number of nitrogens with one attached hydrogen (secondary N) is 1. The van der Waals surface area contributed by atoms with Gasteiger partial charge in [-0.3, -0.25) is 14.2 Å². The molecule has 1 aromatic heterocycles. The normalized spacial score (nSPS) is 10.9. The first-order valence-electron chi connectivity index (χ1n) is 9.86. The third-order valence-corrected chi connectivity index (χ3v) is 5.43. The van der Waals surface area contributed by atoms with Crippen molar-refractivity contribution in [3.8, 4) is 6.07 Å². The Hall–Kier alpha value is -3.11. The maximum atomic E-state index is 13.2. The number of hydrogen-bond acceptors (Lipinski definition) is 5. The molecule has 3 rings (SSSR count). The summed E-state index contributed by atoms with van der Waals surface area (Å²) in [6.07, 6.45) is 0.684. The molecule has 0 aliphatic carbocycles. The fourth-order valence-electron chi connectivity index (χ4n) is 3.03. The first kappa shape index (κ1) is 21.6. The van der Waals surface area contributed by atoms with Crippen LogP contribution in [0.2, 0.25) is 0 Å². The van der Waals surface area contributed by atoms with Gasteiger partial charge in [0.05, 0.1) is 22.7 Å². The third-order valence-electron chi connectivity index (χ3n) is 4.59. The van der Waals surface area contributed by atoms with Crippen molar-refractivity contribution in [2.45, 2.75) is 32.0 Å². The van der Waals surface area contributed by atoms with Gasteiger partial charge in [0.15, 0.2) is 5.16 Å². The summed E-state index contributed by atoms with van der Waals surface area (Å²) in [6, 6.07) is 17.0. The molecule has 0 unspecified atom stereocenters. The quantitative estimate of drug-likeness (QED) is 0.444. The van der Waals surface area contributed by atoms with E-state index in [1.807, 2.05) is 44.2 Å². The summed E-state index contributed by atoms with van der Waals surface area (Å²) in [4.78, 5) is 30.2. The molecule has 0 atom stereocenters. The highest BCUT2D eigenvalue weighted by Gasteiger charge is 2.14. The van der Waals surface area contributed by atoms with Crippen LogP contribution < -0.4 is 10.9 Å². The molecule has 7 heteroatoms. The van der Waals surface area contributed by atoms with Gasteiger partial charge < -0.3 is 5.32 Å². The molecular weight excluding hydrogens is 396 g/mol. The first-order chi connectivity index (χ1) is 14.5. The van der Waals surface area contributed by atoms with Crippen molar-refractivity contribution in [3.05, 3.63) is 70.0 Å². The minimum atomic E-state index is -0.188. The van der Waals surface area contributed by atoms with E-state index in [-0.39, 0.29) is 17.2 Å². The van der Waals surface area contributed by atoms with Gasteiger partial charge in [0.1, 0.15) is 0 Å². The minimum absolute atomic E-state index is 0.162. The average molecular weight is 421 g/mol. The fourth-order valence-corrected chi connectivity index (χ4v) is 3.72. The van der Waals surface area contributed by atoms with Crippen LogP contribution in [0.1, 0.15) is 29.8 Å². The molecule has 2 aromatic carbocycles. The fraction of sp³-hybridized carbons (Fsp3) is 0.304. The summed E-state index contributed by atoms with van der Waals surface area (Å²) >= 11 is 1.23. The molecule has 1 heterocycles. The molecule has 3 aromatic rings. The lowest BCUT2D eigenvalue weighted by Gasteiger charge is -2.13. The molecular formula is C23H24N4O2S. The second-order valence-electron chi connectivity index (χ2n) is 7.37. The Morgan fingerprint density at radius 1 is 1.23 bits per heavy atom. The number of aryl methyl sites for hydroxylation is 1. The lowest BCUT2D eigenvalue weighted by molar-refractivity contribution is 0.0949. The standard InChI is InChI=1S/C23H24N4O2S/c1-16(2)15-25-21(28)18-8-9-19-20(14-18)26-23(30-13-11-24)27(22(19)29)12-10-17-6-4-3-5-7-17/h3-9,14,16H,10,12-13,15H2,1-2H3,(H,25,28). The van der Waals surface area contributed by atoms with Gasteiger partial charge in [-0.1, -0.05) is 55.9 Å². The zero-order valence-corrected chi connectivity index (χ0v) is 17.9. The molecule has 0 aliphatic rings. The van der Waals surface area contributed by atoms with Crippen molar-refractivity contribution >= 4 is 28.6 Å². The molecule has 0 fully saturated rings. The number of hydrogen-bond donors (Lipinski definition) is 1. The zero-order chi connectivity index (χ0) is 21.5. The van der Waals surface area contributed by atoms with Crippen LogP contribution in [-0.4, -0.2) is 27.8 Å². The molecule has 0 saturated heterocycles. The largest absolute Gasteiger partial charge is 0.352 e. The van der Waals surface area contributed by atoms with E-state index < -0.39 is 0 Å². The van der Waals surface area contributed by atoms with E-state index in [1.165, 1.54) is 11.8 Å². The van der Waals surface area contributed by atoms with Crippen molar-refractivity contribution in [2.24, 2.45) is 5.92 Å². The van der Waals surface area contributed by atoms with Crippen molar-refractivity contribution in [1.82, 2.24) is 14.9 Å². The highest BCUT2D eigenvalue weighted by molar-refractivity contribution is 7.99. The van der Waals surface area contributed by atoms with Gasteiger partial charge in [0.2, 0.25) is 0 Å². The van der Waals surface area contributed by atoms with Crippen LogP contribution in [0.4, 0.5) is 0 Å². The van der Waals surface area contributed by atoms with E-state index in [4.69, 9.17) is 5.26 Å². The van der Waals surface area contributed by atoms with E-state index in [0.29, 0.717) is 47.1 Å². The molecule has 0 spiro atoms. The number of nitriles is 1.